The standard InChI is InChI=1S/C6H5BrN4/c7-6-1-5(2-9-4-6)3-10-11-8/h1-2,4H,3H2. The fourth-order valence-electron chi connectivity index (χ4n) is 0.656. The molecule has 5 heteroatoms. The summed E-state index contributed by atoms with van der Waals surface area (Å²) in [6.07, 6.45) is 3.35. The van der Waals surface area contributed by atoms with Gasteiger partial charge >= 0.3 is 0 Å². The maximum Gasteiger partial charge on any atom is 0.0526 e. The third kappa shape index (κ3) is 2.57. The van der Waals surface area contributed by atoms with Crippen LogP contribution in [0.2, 0.25) is 0 Å². The molecule has 0 amide bonds. The fraction of sp³-hybridized carbons (Fsp3) is 0.167. The number of nitrogens with zero attached hydrogens (tertiary/aromatic N) is 4. The van der Waals surface area contributed by atoms with E-state index in [9.17, 15) is 0 Å². The lowest BCUT2D eigenvalue weighted by Gasteiger charge is -1.93. The smallest absolute Gasteiger partial charge is 0.0526 e. The molecule has 0 bridgehead atoms. The van der Waals surface area contributed by atoms with Gasteiger partial charge in [0.1, 0.15) is 0 Å². The number of hydrogen-bond donors (Lipinski definition) is 0. The van der Waals surface area contributed by atoms with Gasteiger partial charge in [0.2, 0.25) is 0 Å². The van der Waals surface area contributed by atoms with E-state index in [0.29, 0.717) is 6.54 Å². The van der Waals surface area contributed by atoms with Gasteiger partial charge in [0.25, 0.3) is 0 Å². The minimum absolute atomic E-state index is 0.350. The van der Waals surface area contributed by atoms with Crippen molar-refractivity contribution in [3.05, 3.63) is 38.9 Å². The quantitative estimate of drug-likeness (QED) is 0.423. The van der Waals surface area contributed by atoms with E-state index in [1.54, 1.807) is 12.4 Å². The lowest BCUT2D eigenvalue weighted by atomic mass is 10.3. The van der Waals surface area contributed by atoms with Crippen LogP contribution in [-0.4, -0.2) is 4.98 Å². The summed E-state index contributed by atoms with van der Waals surface area (Å²) >= 11 is 3.26. The molecule has 11 heavy (non-hydrogen) atoms. The van der Waals surface area contributed by atoms with Gasteiger partial charge in [-0.1, -0.05) is 5.11 Å². The van der Waals surface area contributed by atoms with Gasteiger partial charge in [0.15, 0.2) is 0 Å². The van der Waals surface area contributed by atoms with Crippen LogP contribution in [0.5, 0.6) is 0 Å². The molecule has 1 heterocycles. The van der Waals surface area contributed by atoms with Gasteiger partial charge in [0, 0.05) is 21.8 Å². The second-order valence-electron chi connectivity index (χ2n) is 1.90. The molecule has 0 saturated heterocycles. The molecule has 0 aromatic carbocycles. The molecule has 0 aliphatic heterocycles. The second-order valence-corrected chi connectivity index (χ2v) is 2.82. The van der Waals surface area contributed by atoms with Crippen molar-refractivity contribution in [2.24, 2.45) is 5.11 Å². The largest absolute Gasteiger partial charge is 0.263 e. The van der Waals surface area contributed by atoms with E-state index < -0.39 is 0 Å². The normalized spacial score (nSPS) is 8.82. The van der Waals surface area contributed by atoms with Crippen LogP contribution in [0.3, 0.4) is 0 Å². The summed E-state index contributed by atoms with van der Waals surface area (Å²) < 4.78 is 0.892. The Labute approximate surface area is 72.0 Å². The zero-order valence-electron chi connectivity index (χ0n) is 5.61. The SMILES string of the molecule is [N-]=[N+]=NCc1cncc(Br)c1. The third-order valence-electron chi connectivity index (χ3n) is 1.08. The van der Waals surface area contributed by atoms with Gasteiger partial charge in [0.05, 0.1) is 6.54 Å². The monoisotopic (exact) mass is 212 g/mol. The second kappa shape index (κ2) is 3.95. The average molecular weight is 213 g/mol. The molecule has 1 aromatic heterocycles. The van der Waals surface area contributed by atoms with Crippen LogP contribution >= 0.6 is 15.9 Å². The summed E-state index contributed by atoms with van der Waals surface area (Å²) in [4.78, 5) is 6.55. The molecule has 56 valence electrons. The number of halogens is 1. The van der Waals surface area contributed by atoms with Crippen molar-refractivity contribution in [2.75, 3.05) is 0 Å². The van der Waals surface area contributed by atoms with E-state index in [1.807, 2.05) is 6.07 Å². The Morgan fingerprint density at radius 1 is 1.64 bits per heavy atom. The highest BCUT2D eigenvalue weighted by Crippen LogP contribution is 2.09. The number of hydrogen-bond acceptors (Lipinski definition) is 2. The average Bonchev–Trinajstić information content (AvgIpc) is 2.01. The maximum absolute atomic E-state index is 8.02. The Bertz CT molecular complexity index is 292. The molecule has 0 aliphatic rings. The minimum Gasteiger partial charge on any atom is -0.263 e. The predicted molar refractivity (Wildman–Crippen MR) is 44.8 cm³/mol. The molecule has 4 nitrogen and oxygen atoms in total. The van der Waals surface area contributed by atoms with Gasteiger partial charge in [-0.3, -0.25) is 4.98 Å². The summed E-state index contributed by atoms with van der Waals surface area (Å²) in [5, 5.41) is 3.40. The van der Waals surface area contributed by atoms with Crippen molar-refractivity contribution in [1.29, 1.82) is 0 Å². The molecular weight excluding hydrogens is 208 g/mol. The molecule has 0 atom stereocenters. The van der Waals surface area contributed by atoms with Crippen LogP contribution in [0.15, 0.2) is 28.0 Å². The molecule has 0 N–H and O–H groups in total. The summed E-state index contributed by atoms with van der Waals surface area (Å²) in [7, 11) is 0. The highest BCUT2D eigenvalue weighted by atomic mass is 79.9. The van der Waals surface area contributed by atoms with E-state index in [0.717, 1.165) is 10.0 Å². The maximum atomic E-state index is 8.02. The molecule has 0 spiro atoms. The highest BCUT2D eigenvalue weighted by molar-refractivity contribution is 9.10. The summed E-state index contributed by atoms with van der Waals surface area (Å²) in [5.41, 5.74) is 8.92. The van der Waals surface area contributed by atoms with E-state index in [2.05, 4.69) is 30.9 Å². The van der Waals surface area contributed by atoms with Gasteiger partial charge in [-0.25, -0.2) is 0 Å². The first-order valence-electron chi connectivity index (χ1n) is 2.93. The predicted octanol–water partition coefficient (Wildman–Crippen LogP) is 2.65. The summed E-state index contributed by atoms with van der Waals surface area (Å²) in [6.45, 7) is 0.350. The molecule has 0 radical (unpaired) electrons. The van der Waals surface area contributed by atoms with Crippen molar-refractivity contribution < 1.29 is 0 Å². The Morgan fingerprint density at radius 3 is 3.09 bits per heavy atom. The fourth-order valence-corrected chi connectivity index (χ4v) is 1.07. The Hall–Kier alpha value is -1.06. The van der Waals surface area contributed by atoms with Gasteiger partial charge in [-0.05, 0) is 33.1 Å². The number of rotatable bonds is 2. The zero-order chi connectivity index (χ0) is 8.10. The van der Waals surface area contributed by atoms with Gasteiger partial charge in [-0.15, -0.1) is 0 Å². The zero-order valence-corrected chi connectivity index (χ0v) is 7.19. The van der Waals surface area contributed by atoms with Crippen molar-refractivity contribution in [3.63, 3.8) is 0 Å². The Kier molecular flexibility index (Phi) is 2.89. The third-order valence-corrected chi connectivity index (χ3v) is 1.51. The molecule has 0 fully saturated rings. The molecule has 0 aliphatic carbocycles. The summed E-state index contributed by atoms with van der Waals surface area (Å²) in [6, 6.07) is 1.86. The van der Waals surface area contributed by atoms with Crippen LogP contribution in [0.25, 0.3) is 10.4 Å². The van der Waals surface area contributed by atoms with Crippen LogP contribution in [-0.2, 0) is 6.54 Å². The highest BCUT2D eigenvalue weighted by Gasteiger charge is 1.90. The van der Waals surface area contributed by atoms with E-state index in [1.165, 1.54) is 0 Å². The molecule has 1 rings (SSSR count). The first-order valence-corrected chi connectivity index (χ1v) is 3.72. The molecule has 0 saturated carbocycles. The van der Waals surface area contributed by atoms with Crippen molar-refractivity contribution >= 4 is 15.9 Å². The topological polar surface area (TPSA) is 61.7 Å². The van der Waals surface area contributed by atoms with Crippen molar-refractivity contribution in [3.8, 4) is 0 Å². The van der Waals surface area contributed by atoms with Crippen molar-refractivity contribution in [2.45, 2.75) is 6.54 Å². The number of pyridine rings is 1. The van der Waals surface area contributed by atoms with Crippen LogP contribution in [0, 0.1) is 0 Å². The van der Waals surface area contributed by atoms with E-state index in [-0.39, 0.29) is 0 Å². The van der Waals surface area contributed by atoms with Crippen LogP contribution in [0.4, 0.5) is 0 Å². The Morgan fingerprint density at radius 2 is 2.45 bits per heavy atom. The first kappa shape index (κ1) is 8.04. The lowest BCUT2D eigenvalue weighted by Crippen LogP contribution is -1.81. The van der Waals surface area contributed by atoms with E-state index >= 15 is 0 Å². The molecular formula is C6H5BrN4. The van der Waals surface area contributed by atoms with Crippen LogP contribution < -0.4 is 0 Å². The van der Waals surface area contributed by atoms with Gasteiger partial charge < -0.3 is 0 Å². The number of azide groups is 1. The van der Waals surface area contributed by atoms with Gasteiger partial charge in [-0.2, -0.15) is 0 Å². The Balaban J connectivity index is 2.79. The van der Waals surface area contributed by atoms with Crippen LogP contribution in [0.1, 0.15) is 5.56 Å². The number of aromatic nitrogens is 1. The molecule has 0 unspecified atom stereocenters. The lowest BCUT2D eigenvalue weighted by molar-refractivity contribution is 1.02. The first-order chi connectivity index (χ1) is 5.33. The van der Waals surface area contributed by atoms with E-state index in [4.69, 9.17) is 5.53 Å². The van der Waals surface area contributed by atoms with Crippen molar-refractivity contribution in [1.82, 2.24) is 4.98 Å². The minimum atomic E-state index is 0.350. The molecule has 1 aromatic rings. The summed E-state index contributed by atoms with van der Waals surface area (Å²) in [5.74, 6) is 0.